The predicted molar refractivity (Wildman–Crippen MR) is 93.5 cm³/mol. The van der Waals surface area contributed by atoms with Gasteiger partial charge in [0.2, 0.25) is 5.82 Å². The fraction of sp³-hybridized carbons (Fsp3) is 0.278. The van der Waals surface area contributed by atoms with Gasteiger partial charge in [-0.05, 0) is 11.6 Å². The van der Waals surface area contributed by atoms with E-state index in [0.29, 0.717) is 23.0 Å². The van der Waals surface area contributed by atoms with E-state index in [1.54, 1.807) is 18.5 Å². The second-order valence-corrected chi connectivity index (χ2v) is 5.97. The van der Waals surface area contributed by atoms with Gasteiger partial charge in [0, 0.05) is 43.3 Å². The first kappa shape index (κ1) is 15.7. The van der Waals surface area contributed by atoms with Crippen molar-refractivity contribution in [1.82, 2.24) is 20.0 Å². The normalized spacial score (nSPS) is 15.4. The van der Waals surface area contributed by atoms with E-state index in [4.69, 9.17) is 15.0 Å². The van der Waals surface area contributed by atoms with E-state index in [2.05, 4.69) is 32.2 Å². The molecule has 1 aliphatic heterocycles. The molecule has 4 rings (SSSR count). The molecule has 7 nitrogen and oxygen atoms in total. The van der Waals surface area contributed by atoms with Gasteiger partial charge in [-0.25, -0.2) is 0 Å². The molecule has 3 heterocycles. The van der Waals surface area contributed by atoms with E-state index in [1.165, 1.54) is 5.56 Å². The highest BCUT2D eigenvalue weighted by molar-refractivity contribution is 5.70. The topological polar surface area (TPSA) is 90.3 Å². The Bertz CT molecular complexity index is 841. The minimum atomic E-state index is 0.373. The largest absolute Gasteiger partial charge is 0.398 e. The summed E-state index contributed by atoms with van der Waals surface area (Å²) >= 11 is 0. The number of anilines is 1. The van der Waals surface area contributed by atoms with Crippen LogP contribution in [0.25, 0.3) is 22.8 Å². The van der Waals surface area contributed by atoms with Gasteiger partial charge < -0.3 is 15.0 Å². The molecule has 3 aromatic rings. The molecular formula is C18H19N5O2. The Kier molecular flexibility index (Phi) is 4.41. The number of hydrogen-bond donors (Lipinski definition) is 1. The van der Waals surface area contributed by atoms with Crippen molar-refractivity contribution < 1.29 is 9.26 Å². The summed E-state index contributed by atoms with van der Waals surface area (Å²) in [6.45, 7) is 4.49. The molecule has 1 fully saturated rings. The van der Waals surface area contributed by atoms with Crippen molar-refractivity contribution in [3.8, 4) is 22.8 Å². The first-order chi connectivity index (χ1) is 12.3. The van der Waals surface area contributed by atoms with E-state index in [-0.39, 0.29) is 0 Å². The number of rotatable bonds is 4. The zero-order valence-electron chi connectivity index (χ0n) is 13.8. The summed E-state index contributed by atoms with van der Waals surface area (Å²) in [6.07, 6.45) is 3.25. The van der Waals surface area contributed by atoms with E-state index >= 15 is 0 Å². The monoisotopic (exact) mass is 337 g/mol. The second-order valence-electron chi connectivity index (χ2n) is 5.97. The van der Waals surface area contributed by atoms with Crippen molar-refractivity contribution in [2.24, 2.45) is 0 Å². The zero-order chi connectivity index (χ0) is 17.1. The average molecular weight is 337 g/mol. The summed E-state index contributed by atoms with van der Waals surface area (Å²) in [4.78, 5) is 10.9. The highest BCUT2D eigenvalue weighted by atomic mass is 16.5. The van der Waals surface area contributed by atoms with Gasteiger partial charge in [0.1, 0.15) is 0 Å². The second kappa shape index (κ2) is 7.00. The number of hydrogen-bond acceptors (Lipinski definition) is 7. The maximum atomic E-state index is 5.93. The van der Waals surface area contributed by atoms with Gasteiger partial charge in [0.15, 0.2) is 0 Å². The fourth-order valence-corrected chi connectivity index (χ4v) is 2.81. The van der Waals surface area contributed by atoms with Crippen LogP contribution in [0.15, 0.2) is 47.2 Å². The number of ether oxygens (including phenoxy) is 1. The third kappa shape index (κ3) is 3.52. The maximum Gasteiger partial charge on any atom is 0.261 e. The first-order valence-corrected chi connectivity index (χ1v) is 8.22. The van der Waals surface area contributed by atoms with Gasteiger partial charge in [0.05, 0.1) is 18.8 Å². The Labute approximate surface area is 145 Å². The number of nitrogen functional groups attached to an aromatic ring is 1. The van der Waals surface area contributed by atoms with Crippen LogP contribution in [-0.2, 0) is 11.3 Å². The lowest BCUT2D eigenvalue weighted by Crippen LogP contribution is -2.35. The summed E-state index contributed by atoms with van der Waals surface area (Å²) in [5.74, 6) is 0.911. The third-order valence-electron chi connectivity index (χ3n) is 4.23. The molecule has 7 heteroatoms. The van der Waals surface area contributed by atoms with E-state index in [9.17, 15) is 0 Å². The molecule has 1 saturated heterocycles. The minimum Gasteiger partial charge on any atom is -0.398 e. The number of morpholine rings is 1. The van der Waals surface area contributed by atoms with E-state index in [1.807, 2.05) is 12.1 Å². The SMILES string of the molecule is Nc1ccncc1-c1nc(-c2ccc(CN3CCOCC3)cc2)no1. The van der Waals surface area contributed by atoms with Crippen LogP contribution in [0, 0.1) is 0 Å². The molecule has 0 spiro atoms. The van der Waals surface area contributed by atoms with Gasteiger partial charge >= 0.3 is 0 Å². The molecular weight excluding hydrogens is 318 g/mol. The molecule has 0 bridgehead atoms. The van der Waals surface area contributed by atoms with Crippen molar-refractivity contribution >= 4 is 5.69 Å². The van der Waals surface area contributed by atoms with Gasteiger partial charge in [-0.3, -0.25) is 9.88 Å². The van der Waals surface area contributed by atoms with Crippen molar-refractivity contribution in [2.45, 2.75) is 6.54 Å². The quantitative estimate of drug-likeness (QED) is 0.780. The van der Waals surface area contributed by atoms with Crippen LogP contribution < -0.4 is 5.73 Å². The van der Waals surface area contributed by atoms with E-state index in [0.717, 1.165) is 38.4 Å². The standard InChI is InChI=1S/C18H19N5O2/c19-16-5-6-20-11-15(16)18-21-17(22-25-18)14-3-1-13(2-4-14)12-23-7-9-24-10-8-23/h1-6,11H,7-10,12H2,(H2,19,20). The van der Waals surface area contributed by atoms with Crippen LogP contribution in [-0.4, -0.2) is 46.3 Å². The van der Waals surface area contributed by atoms with Crippen LogP contribution in [0.5, 0.6) is 0 Å². The number of nitrogens with zero attached hydrogens (tertiary/aromatic N) is 4. The fourth-order valence-electron chi connectivity index (χ4n) is 2.81. The van der Waals surface area contributed by atoms with Crippen molar-refractivity contribution in [3.05, 3.63) is 48.3 Å². The number of pyridine rings is 1. The molecule has 2 N–H and O–H groups in total. The summed E-state index contributed by atoms with van der Waals surface area (Å²) in [5, 5.41) is 4.05. The number of aromatic nitrogens is 3. The van der Waals surface area contributed by atoms with Crippen molar-refractivity contribution in [3.63, 3.8) is 0 Å². The van der Waals surface area contributed by atoms with Gasteiger partial charge in [0.25, 0.3) is 5.89 Å². The molecule has 128 valence electrons. The smallest absolute Gasteiger partial charge is 0.261 e. The Balaban J connectivity index is 1.50. The van der Waals surface area contributed by atoms with Crippen LogP contribution >= 0.6 is 0 Å². The van der Waals surface area contributed by atoms with Crippen LogP contribution in [0.4, 0.5) is 5.69 Å². The Hall–Kier alpha value is -2.77. The molecule has 25 heavy (non-hydrogen) atoms. The lowest BCUT2D eigenvalue weighted by atomic mass is 10.1. The number of nitrogens with two attached hydrogens (primary N) is 1. The highest BCUT2D eigenvalue weighted by Gasteiger charge is 2.14. The molecule has 0 radical (unpaired) electrons. The lowest BCUT2D eigenvalue weighted by molar-refractivity contribution is 0.0342. The Morgan fingerprint density at radius 1 is 1.08 bits per heavy atom. The molecule has 0 atom stereocenters. The molecule has 0 aliphatic carbocycles. The molecule has 0 amide bonds. The summed E-state index contributed by atoms with van der Waals surface area (Å²) in [5.41, 5.74) is 9.29. The Morgan fingerprint density at radius 3 is 2.64 bits per heavy atom. The average Bonchev–Trinajstić information content (AvgIpc) is 3.13. The number of benzene rings is 1. The summed E-state index contributed by atoms with van der Waals surface area (Å²) in [6, 6.07) is 9.92. The molecule has 0 saturated carbocycles. The van der Waals surface area contributed by atoms with Crippen molar-refractivity contribution in [2.75, 3.05) is 32.0 Å². The molecule has 2 aromatic heterocycles. The van der Waals surface area contributed by atoms with Gasteiger partial charge in [-0.15, -0.1) is 0 Å². The third-order valence-corrected chi connectivity index (χ3v) is 4.23. The molecule has 1 aliphatic rings. The van der Waals surface area contributed by atoms with Crippen LogP contribution in [0.2, 0.25) is 0 Å². The minimum absolute atomic E-state index is 0.373. The van der Waals surface area contributed by atoms with E-state index < -0.39 is 0 Å². The zero-order valence-corrected chi connectivity index (χ0v) is 13.8. The Morgan fingerprint density at radius 2 is 1.88 bits per heavy atom. The predicted octanol–water partition coefficient (Wildman–Crippen LogP) is 2.21. The van der Waals surface area contributed by atoms with Gasteiger partial charge in [-0.2, -0.15) is 4.98 Å². The maximum absolute atomic E-state index is 5.93. The molecule has 0 unspecified atom stereocenters. The lowest BCUT2D eigenvalue weighted by Gasteiger charge is -2.26. The highest BCUT2D eigenvalue weighted by Crippen LogP contribution is 2.25. The molecule has 1 aromatic carbocycles. The summed E-state index contributed by atoms with van der Waals surface area (Å²) in [7, 11) is 0. The van der Waals surface area contributed by atoms with Gasteiger partial charge in [-0.1, -0.05) is 29.4 Å². The van der Waals surface area contributed by atoms with Crippen LogP contribution in [0.1, 0.15) is 5.56 Å². The van der Waals surface area contributed by atoms with Crippen molar-refractivity contribution in [1.29, 1.82) is 0 Å². The van der Waals surface area contributed by atoms with Crippen LogP contribution in [0.3, 0.4) is 0 Å². The first-order valence-electron chi connectivity index (χ1n) is 8.22. The summed E-state index contributed by atoms with van der Waals surface area (Å²) < 4.78 is 10.7.